The first kappa shape index (κ1) is 17.1. The molecule has 1 atom stereocenters. The van der Waals surface area contributed by atoms with Crippen LogP contribution < -0.4 is 20.2 Å². The van der Waals surface area contributed by atoms with Crippen molar-refractivity contribution in [3.63, 3.8) is 0 Å². The standard InChI is InChI=1S/C21H23NO3/c1-3-15(2)16-8-11-18(12-9-16)23-14-24-21-19-7-5-4-6-17(19)10-13-20(21)25-22/h4-13,15H,3,14,22H2,1-2H3. The molecular weight excluding hydrogens is 314 g/mol. The van der Waals surface area contributed by atoms with E-state index in [-0.39, 0.29) is 6.79 Å². The highest BCUT2D eigenvalue weighted by atomic mass is 16.7. The van der Waals surface area contributed by atoms with E-state index in [0.717, 1.165) is 22.9 Å². The van der Waals surface area contributed by atoms with Crippen LogP contribution in [0.15, 0.2) is 60.7 Å². The van der Waals surface area contributed by atoms with Crippen LogP contribution >= 0.6 is 0 Å². The minimum absolute atomic E-state index is 0.0764. The molecule has 0 aliphatic carbocycles. The molecule has 0 spiro atoms. The Balaban J connectivity index is 1.71. The highest BCUT2D eigenvalue weighted by molar-refractivity contribution is 5.90. The molecule has 0 heterocycles. The van der Waals surface area contributed by atoms with E-state index >= 15 is 0 Å². The van der Waals surface area contributed by atoms with Crippen molar-refractivity contribution in [2.45, 2.75) is 26.2 Å². The molecule has 4 heteroatoms. The van der Waals surface area contributed by atoms with E-state index < -0.39 is 0 Å². The maximum atomic E-state index is 5.82. The minimum atomic E-state index is 0.0764. The van der Waals surface area contributed by atoms with Gasteiger partial charge in [0.1, 0.15) is 5.75 Å². The first-order valence-corrected chi connectivity index (χ1v) is 8.47. The van der Waals surface area contributed by atoms with Crippen molar-refractivity contribution < 1.29 is 14.3 Å². The molecule has 1 unspecified atom stereocenters. The lowest BCUT2D eigenvalue weighted by Crippen LogP contribution is -2.09. The summed E-state index contributed by atoms with van der Waals surface area (Å²) in [4.78, 5) is 4.93. The molecular formula is C21H23NO3. The highest BCUT2D eigenvalue weighted by Gasteiger charge is 2.10. The van der Waals surface area contributed by atoms with Crippen LogP contribution in [0.1, 0.15) is 31.7 Å². The van der Waals surface area contributed by atoms with Crippen LogP contribution in [0, 0.1) is 0 Å². The van der Waals surface area contributed by atoms with Gasteiger partial charge in [-0.1, -0.05) is 56.3 Å². The molecule has 0 aliphatic rings. The first-order chi connectivity index (χ1) is 12.2. The highest BCUT2D eigenvalue weighted by Crippen LogP contribution is 2.35. The lowest BCUT2D eigenvalue weighted by Gasteiger charge is -2.14. The zero-order valence-corrected chi connectivity index (χ0v) is 14.6. The molecule has 4 nitrogen and oxygen atoms in total. The summed E-state index contributed by atoms with van der Waals surface area (Å²) in [7, 11) is 0. The predicted octanol–water partition coefficient (Wildman–Crippen LogP) is 5.02. The molecule has 0 bridgehead atoms. The maximum absolute atomic E-state index is 5.82. The number of hydrogen-bond donors (Lipinski definition) is 1. The second-order valence-electron chi connectivity index (χ2n) is 6.02. The summed E-state index contributed by atoms with van der Waals surface area (Å²) in [6.07, 6.45) is 1.12. The predicted molar refractivity (Wildman–Crippen MR) is 100 cm³/mol. The number of rotatable bonds is 7. The molecule has 0 aliphatic heterocycles. The van der Waals surface area contributed by atoms with Gasteiger partial charge in [0.2, 0.25) is 6.79 Å². The SMILES string of the molecule is CCC(C)c1ccc(OCOc2c(ON)ccc3ccccc23)cc1. The number of benzene rings is 3. The van der Waals surface area contributed by atoms with Crippen molar-refractivity contribution in [2.24, 2.45) is 5.90 Å². The summed E-state index contributed by atoms with van der Waals surface area (Å²) in [6, 6.07) is 19.8. The van der Waals surface area contributed by atoms with E-state index in [9.17, 15) is 0 Å². The molecule has 130 valence electrons. The van der Waals surface area contributed by atoms with Gasteiger partial charge in [0.15, 0.2) is 11.5 Å². The fraction of sp³-hybridized carbons (Fsp3) is 0.238. The van der Waals surface area contributed by atoms with Gasteiger partial charge in [0, 0.05) is 5.39 Å². The van der Waals surface area contributed by atoms with Gasteiger partial charge in [-0.3, -0.25) is 0 Å². The fourth-order valence-corrected chi connectivity index (χ4v) is 2.75. The summed E-state index contributed by atoms with van der Waals surface area (Å²) in [5.74, 6) is 7.74. The Morgan fingerprint density at radius 2 is 1.68 bits per heavy atom. The normalized spacial score (nSPS) is 12.0. The van der Waals surface area contributed by atoms with E-state index in [4.69, 9.17) is 20.2 Å². The Morgan fingerprint density at radius 3 is 2.40 bits per heavy atom. The van der Waals surface area contributed by atoms with Crippen LogP contribution in [-0.2, 0) is 0 Å². The monoisotopic (exact) mass is 337 g/mol. The Hall–Kier alpha value is -2.72. The summed E-state index contributed by atoms with van der Waals surface area (Å²) < 4.78 is 11.5. The molecule has 0 fully saturated rings. The first-order valence-electron chi connectivity index (χ1n) is 8.47. The van der Waals surface area contributed by atoms with Gasteiger partial charge in [-0.25, -0.2) is 0 Å². The Bertz CT molecular complexity index is 830. The fourth-order valence-electron chi connectivity index (χ4n) is 2.75. The van der Waals surface area contributed by atoms with E-state index in [1.807, 2.05) is 42.5 Å². The topological polar surface area (TPSA) is 53.7 Å². The average molecular weight is 337 g/mol. The number of nitrogens with two attached hydrogens (primary N) is 1. The van der Waals surface area contributed by atoms with Crippen LogP contribution in [0.25, 0.3) is 10.8 Å². The molecule has 0 radical (unpaired) electrons. The van der Waals surface area contributed by atoms with Crippen LogP contribution in [0.4, 0.5) is 0 Å². The van der Waals surface area contributed by atoms with Crippen LogP contribution in [-0.4, -0.2) is 6.79 Å². The van der Waals surface area contributed by atoms with E-state index in [1.54, 1.807) is 6.07 Å². The summed E-state index contributed by atoms with van der Waals surface area (Å²) in [5, 5.41) is 1.98. The lowest BCUT2D eigenvalue weighted by molar-refractivity contribution is 0.116. The molecule has 0 aromatic heterocycles. The van der Waals surface area contributed by atoms with E-state index in [2.05, 4.69) is 26.0 Å². The molecule has 3 aromatic carbocycles. The number of fused-ring (bicyclic) bond motifs is 1. The molecule has 0 saturated carbocycles. The Kier molecular flexibility index (Phi) is 5.41. The van der Waals surface area contributed by atoms with Crippen LogP contribution in [0.2, 0.25) is 0 Å². The van der Waals surface area contributed by atoms with Gasteiger partial charge in [-0.15, -0.1) is 0 Å². The number of ether oxygens (including phenoxy) is 2. The van der Waals surface area contributed by atoms with Crippen molar-refractivity contribution in [2.75, 3.05) is 6.79 Å². The molecule has 2 N–H and O–H groups in total. The molecule has 0 saturated heterocycles. The van der Waals surface area contributed by atoms with Gasteiger partial charge in [-0.05, 0) is 41.5 Å². The van der Waals surface area contributed by atoms with Crippen molar-refractivity contribution in [1.82, 2.24) is 0 Å². The van der Waals surface area contributed by atoms with Gasteiger partial charge < -0.3 is 14.3 Å². The number of hydrogen-bond acceptors (Lipinski definition) is 4. The van der Waals surface area contributed by atoms with Crippen molar-refractivity contribution in [3.8, 4) is 17.2 Å². The lowest BCUT2D eigenvalue weighted by atomic mass is 9.99. The largest absolute Gasteiger partial charge is 0.457 e. The van der Waals surface area contributed by atoms with E-state index in [0.29, 0.717) is 17.4 Å². The zero-order chi connectivity index (χ0) is 17.6. The van der Waals surface area contributed by atoms with E-state index in [1.165, 1.54) is 5.56 Å². The average Bonchev–Trinajstić information content (AvgIpc) is 2.68. The third-order valence-electron chi connectivity index (χ3n) is 4.46. The molecule has 0 amide bonds. The summed E-state index contributed by atoms with van der Waals surface area (Å²) in [5.41, 5.74) is 1.31. The van der Waals surface area contributed by atoms with Gasteiger partial charge in [0.25, 0.3) is 0 Å². The van der Waals surface area contributed by atoms with Crippen molar-refractivity contribution >= 4 is 10.8 Å². The van der Waals surface area contributed by atoms with Gasteiger partial charge in [0.05, 0.1) is 0 Å². The minimum Gasteiger partial charge on any atom is -0.457 e. The second-order valence-corrected chi connectivity index (χ2v) is 6.02. The van der Waals surface area contributed by atoms with Crippen LogP contribution in [0.3, 0.4) is 0 Å². The summed E-state index contributed by atoms with van der Waals surface area (Å²) in [6.45, 7) is 4.48. The quantitative estimate of drug-likeness (QED) is 0.486. The van der Waals surface area contributed by atoms with Crippen LogP contribution in [0.5, 0.6) is 17.2 Å². The Morgan fingerprint density at radius 1 is 0.920 bits per heavy atom. The smallest absolute Gasteiger partial charge is 0.231 e. The third-order valence-corrected chi connectivity index (χ3v) is 4.46. The second kappa shape index (κ2) is 7.90. The van der Waals surface area contributed by atoms with Gasteiger partial charge >= 0.3 is 0 Å². The van der Waals surface area contributed by atoms with Crippen molar-refractivity contribution in [3.05, 3.63) is 66.2 Å². The summed E-state index contributed by atoms with van der Waals surface area (Å²) >= 11 is 0. The zero-order valence-electron chi connectivity index (χ0n) is 14.6. The Labute approximate surface area is 148 Å². The third kappa shape index (κ3) is 3.86. The molecule has 25 heavy (non-hydrogen) atoms. The molecule has 3 rings (SSSR count). The van der Waals surface area contributed by atoms with Gasteiger partial charge in [-0.2, -0.15) is 5.90 Å². The van der Waals surface area contributed by atoms with Crippen molar-refractivity contribution in [1.29, 1.82) is 0 Å². The maximum Gasteiger partial charge on any atom is 0.231 e. The molecule has 3 aromatic rings.